The molecule has 2 aromatic carbocycles. The lowest BCUT2D eigenvalue weighted by Gasteiger charge is -2.26. The number of H-pyrrole nitrogens is 2. The molecule has 0 fully saturated rings. The van der Waals surface area contributed by atoms with Gasteiger partial charge >= 0.3 is 0 Å². The fourth-order valence-electron chi connectivity index (χ4n) is 4.42. The monoisotopic (exact) mass is 558 g/mol. The van der Waals surface area contributed by atoms with E-state index in [1.807, 2.05) is 76.2 Å². The van der Waals surface area contributed by atoms with Gasteiger partial charge in [0, 0.05) is 25.7 Å². The summed E-state index contributed by atoms with van der Waals surface area (Å²) in [4.78, 5) is 27.2. The predicted molar refractivity (Wildman–Crippen MR) is 134 cm³/mol. The summed E-state index contributed by atoms with van der Waals surface area (Å²) in [6, 6.07) is 15.1. The molecule has 0 aliphatic carbocycles. The Morgan fingerprint density at radius 2 is 1.09 bits per heavy atom. The molecule has 4 aromatic rings. The van der Waals surface area contributed by atoms with Gasteiger partial charge in [-0.05, 0) is 68.8 Å². The van der Waals surface area contributed by atoms with E-state index in [1.54, 1.807) is 9.36 Å². The Labute approximate surface area is 202 Å². The van der Waals surface area contributed by atoms with Crippen molar-refractivity contribution in [3.8, 4) is 11.4 Å². The van der Waals surface area contributed by atoms with Gasteiger partial charge in [0.1, 0.15) is 0 Å². The Balaban J connectivity index is 1.91. The summed E-state index contributed by atoms with van der Waals surface area (Å²) in [6.07, 6.45) is 0.593. The molecule has 166 valence electrons. The largest absolute Gasteiger partial charge is 0.295 e. The number of nitrogens with one attached hydrogen (secondary N) is 2. The molecule has 0 saturated carbocycles. The summed E-state index contributed by atoms with van der Waals surface area (Å²) in [5, 5.41) is 6.41. The number of nitrogens with zero attached hydrogens (tertiary/aromatic N) is 2. The molecule has 0 spiro atoms. The molecule has 6 nitrogen and oxygen atoms in total. The van der Waals surface area contributed by atoms with Crippen LogP contribution in [0.3, 0.4) is 0 Å². The zero-order valence-electron chi connectivity index (χ0n) is 18.3. The fraction of sp³-hybridized carbons (Fsp3) is 0.250. The highest BCUT2D eigenvalue weighted by atomic mass is 79.9. The third-order valence-corrected chi connectivity index (χ3v) is 7.18. The third-order valence-electron chi connectivity index (χ3n) is 6.12. The standard InChI is InChI=1S/C24H24Br2N4O2/c1-5-24(4,20-14(2)27-29(22(20)31)18-10-6-16(25)7-11-18)21-15(3)28-30(23(21)32)19-12-8-17(26)9-13-19/h6-13,27-28H,5H2,1-4H3. The molecule has 2 aromatic heterocycles. The number of aryl methyl sites for hydroxylation is 2. The lowest BCUT2D eigenvalue weighted by atomic mass is 9.74. The van der Waals surface area contributed by atoms with Gasteiger partial charge < -0.3 is 0 Å². The molecule has 0 bridgehead atoms. The second-order valence-electron chi connectivity index (χ2n) is 8.14. The Hall–Kier alpha value is -2.58. The van der Waals surface area contributed by atoms with Gasteiger partial charge in [-0.1, -0.05) is 45.7 Å². The topological polar surface area (TPSA) is 75.6 Å². The predicted octanol–water partition coefficient (Wildman–Crippen LogP) is 5.50. The van der Waals surface area contributed by atoms with Gasteiger partial charge in [0.2, 0.25) is 0 Å². The smallest absolute Gasteiger partial charge is 0.275 e. The van der Waals surface area contributed by atoms with Crippen LogP contribution in [0.4, 0.5) is 0 Å². The van der Waals surface area contributed by atoms with Gasteiger partial charge in [0.05, 0.1) is 22.5 Å². The number of aromatic amines is 2. The minimum absolute atomic E-state index is 0.149. The van der Waals surface area contributed by atoms with Crippen LogP contribution in [0.2, 0.25) is 0 Å². The quantitative estimate of drug-likeness (QED) is 0.338. The normalized spacial score (nSPS) is 11.8. The molecule has 0 unspecified atom stereocenters. The molecule has 0 aliphatic heterocycles. The average molecular weight is 560 g/mol. The first-order chi connectivity index (χ1) is 15.2. The van der Waals surface area contributed by atoms with Gasteiger partial charge in [-0.3, -0.25) is 19.8 Å². The van der Waals surface area contributed by atoms with Gasteiger partial charge in [0.25, 0.3) is 11.1 Å². The number of hydrogen-bond acceptors (Lipinski definition) is 2. The summed E-state index contributed by atoms with van der Waals surface area (Å²) in [5.74, 6) is 0. The Bertz CT molecular complexity index is 1290. The Kier molecular flexibility index (Phi) is 5.94. The van der Waals surface area contributed by atoms with E-state index in [0.717, 1.165) is 31.7 Å². The highest BCUT2D eigenvalue weighted by Crippen LogP contribution is 2.35. The zero-order valence-corrected chi connectivity index (χ0v) is 21.5. The first kappa shape index (κ1) is 22.6. The number of halogens is 2. The molecule has 4 rings (SSSR count). The Morgan fingerprint density at radius 1 is 0.750 bits per heavy atom. The summed E-state index contributed by atoms with van der Waals surface area (Å²) in [7, 11) is 0. The molecule has 2 heterocycles. The number of benzene rings is 2. The lowest BCUT2D eigenvalue weighted by Crippen LogP contribution is -2.36. The van der Waals surface area contributed by atoms with Crippen LogP contribution in [0.25, 0.3) is 11.4 Å². The molecule has 2 N–H and O–H groups in total. The van der Waals surface area contributed by atoms with Gasteiger partial charge in [-0.2, -0.15) is 0 Å². The third kappa shape index (κ3) is 3.65. The van der Waals surface area contributed by atoms with Crippen LogP contribution in [-0.2, 0) is 5.41 Å². The highest BCUT2D eigenvalue weighted by Gasteiger charge is 2.38. The maximum atomic E-state index is 13.6. The van der Waals surface area contributed by atoms with E-state index in [0.29, 0.717) is 17.5 Å². The van der Waals surface area contributed by atoms with Crippen LogP contribution >= 0.6 is 31.9 Å². The SMILES string of the molecule is CCC(C)(c1c(C)[nH]n(-c2ccc(Br)cc2)c1=O)c1c(C)[nH]n(-c2ccc(Br)cc2)c1=O. The van der Waals surface area contributed by atoms with Crippen LogP contribution in [0.1, 0.15) is 42.8 Å². The first-order valence-electron chi connectivity index (χ1n) is 10.3. The van der Waals surface area contributed by atoms with Crippen molar-refractivity contribution in [3.05, 3.63) is 101 Å². The van der Waals surface area contributed by atoms with E-state index in [1.165, 1.54) is 0 Å². The molecule has 0 aliphatic rings. The van der Waals surface area contributed by atoms with E-state index >= 15 is 0 Å². The molecule has 0 amide bonds. The van der Waals surface area contributed by atoms with E-state index < -0.39 is 5.41 Å². The molecule has 32 heavy (non-hydrogen) atoms. The Morgan fingerprint density at radius 3 is 1.41 bits per heavy atom. The summed E-state index contributed by atoms with van der Waals surface area (Å²) in [5.41, 5.74) is 3.11. The second-order valence-corrected chi connectivity index (χ2v) is 9.97. The molecule has 0 atom stereocenters. The van der Waals surface area contributed by atoms with Crippen LogP contribution in [0, 0.1) is 13.8 Å². The van der Waals surface area contributed by atoms with E-state index in [-0.39, 0.29) is 11.1 Å². The van der Waals surface area contributed by atoms with Crippen molar-refractivity contribution >= 4 is 31.9 Å². The maximum absolute atomic E-state index is 13.6. The number of aromatic nitrogens is 4. The van der Waals surface area contributed by atoms with Crippen molar-refractivity contribution in [1.82, 2.24) is 19.6 Å². The van der Waals surface area contributed by atoms with Crippen molar-refractivity contribution in [2.24, 2.45) is 0 Å². The fourth-order valence-corrected chi connectivity index (χ4v) is 4.94. The van der Waals surface area contributed by atoms with Gasteiger partial charge in [-0.15, -0.1) is 0 Å². The summed E-state index contributed by atoms with van der Waals surface area (Å²) < 4.78 is 4.96. The van der Waals surface area contributed by atoms with Crippen molar-refractivity contribution in [3.63, 3.8) is 0 Å². The van der Waals surface area contributed by atoms with Crippen LogP contribution in [-0.4, -0.2) is 19.6 Å². The maximum Gasteiger partial charge on any atom is 0.275 e. The molecule has 0 saturated heterocycles. The van der Waals surface area contributed by atoms with Crippen LogP contribution in [0.15, 0.2) is 67.1 Å². The first-order valence-corrected chi connectivity index (χ1v) is 11.9. The minimum atomic E-state index is -0.767. The van der Waals surface area contributed by atoms with Crippen LogP contribution < -0.4 is 11.1 Å². The van der Waals surface area contributed by atoms with E-state index in [9.17, 15) is 9.59 Å². The van der Waals surface area contributed by atoms with Crippen molar-refractivity contribution < 1.29 is 0 Å². The molecule has 8 heteroatoms. The second kappa shape index (κ2) is 8.41. The number of hydrogen-bond donors (Lipinski definition) is 2. The van der Waals surface area contributed by atoms with E-state index in [2.05, 4.69) is 42.1 Å². The zero-order chi connectivity index (χ0) is 23.2. The highest BCUT2D eigenvalue weighted by molar-refractivity contribution is 9.10. The van der Waals surface area contributed by atoms with Crippen molar-refractivity contribution in [2.75, 3.05) is 0 Å². The van der Waals surface area contributed by atoms with Crippen LogP contribution in [0.5, 0.6) is 0 Å². The van der Waals surface area contributed by atoms with E-state index in [4.69, 9.17) is 0 Å². The average Bonchev–Trinajstić information content (AvgIpc) is 3.24. The molecule has 0 radical (unpaired) electrons. The summed E-state index contributed by atoms with van der Waals surface area (Å²) in [6.45, 7) is 7.75. The van der Waals surface area contributed by atoms with Crippen molar-refractivity contribution in [2.45, 2.75) is 39.5 Å². The number of rotatable bonds is 5. The van der Waals surface area contributed by atoms with Gasteiger partial charge in [0.15, 0.2) is 0 Å². The minimum Gasteiger partial charge on any atom is -0.295 e. The molecular formula is C24H24Br2N4O2. The lowest BCUT2D eigenvalue weighted by molar-refractivity contribution is 0.535. The summed E-state index contributed by atoms with van der Waals surface area (Å²) >= 11 is 6.86. The van der Waals surface area contributed by atoms with Crippen molar-refractivity contribution in [1.29, 1.82) is 0 Å². The van der Waals surface area contributed by atoms with Gasteiger partial charge in [-0.25, -0.2) is 9.36 Å². The molecular weight excluding hydrogens is 536 g/mol.